The predicted octanol–water partition coefficient (Wildman–Crippen LogP) is 4.04. The molecule has 170 valence electrons. The lowest BCUT2D eigenvalue weighted by atomic mass is 10.2. The van der Waals surface area contributed by atoms with Crippen LogP contribution >= 0.6 is 0 Å². The summed E-state index contributed by atoms with van der Waals surface area (Å²) in [5.74, 6) is 0.0713. The number of benzene rings is 3. The van der Waals surface area contributed by atoms with Gasteiger partial charge in [0.25, 0.3) is 10.0 Å². The first-order valence-corrected chi connectivity index (χ1v) is 12.4. The summed E-state index contributed by atoms with van der Waals surface area (Å²) in [6.45, 7) is 5.84. The molecule has 3 aromatic carbocycles. The summed E-state index contributed by atoms with van der Waals surface area (Å²) < 4.78 is 41.8. The maximum Gasteiger partial charge on any atom is 0.283 e. The van der Waals surface area contributed by atoms with E-state index in [2.05, 4.69) is 27.0 Å². The van der Waals surface area contributed by atoms with Gasteiger partial charge < -0.3 is 4.90 Å². The lowest BCUT2D eigenvalue weighted by Crippen LogP contribution is -2.46. The van der Waals surface area contributed by atoms with Crippen molar-refractivity contribution in [3.8, 4) is 0 Å². The fraction of sp³-hybridized carbons (Fsp3) is 0.240. The monoisotopic (exact) mass is 464 g/mol. The number of hydrogen-bond donors (Lipinski definition) is 0. The molecule has 0 aliphatic carbocycles. The maximum absolute atomic E-state index is 14.1. The van der Waals surface area contributed by atoms with Crippen molar-refractivity contribution in [2.45, 2.75) is 18.4 Å². The van der Waals surface area contributed by atoms with Crippen molar-refractivity contribution >= 4 is 26.7 Å². The number of piperazine rings is 1. The standard InChI is InChI=1S/C25H25FN4O2S/c1-19-7-10-22(11-8-19)33(31,32)30-24-17-21(26)9-12-23(24)25(27-30)29-15-13-28(14-16-29)18-20-5-3-2-4-6-20/h2-12,17H,13-16,18H2,1H3. The summed E-state index contributed by atoms with van der Waals surface area (Å²) in [7, 11) is -3.97. The number of aryl methyl sites for hydroxylation is 1. The van der Waals surface area contributed by atoms with Gasteiger partial charge in [0, 0.05) is 44.2 Å². The molecular weight excluding hydrogens is 439 g/mol. The van der Waals surface area contributed by atoms with Crippen molar-refractivity contribution in [3.05, 3.63) is 89.7 Å². The molecule has 1 aliphatic rings. The lowest BCUT2D eigenvalue weighted by Gasteiger charge is -2.35. The fourth-order valence-corrected chi connectivity index (χ4v) is 5.51. The van der Waals surface area contributed by atoms with Crippen LogP contribution in [0.15, 0.2) is 77.7 Å². The molecule has 1 saturated heterocycles. The van der Waals surface area contributed by atoms with E-state index >= 15 is 0 Å². The molecule has 1 aromatic heterocycles. The molecule has 1 fully saturated rings. The maximum atomic E-state index is 14.1. The highest BCUT2D eigenvalue weighted by atomic mass is 32.2. The third-order valence-corrected chi connectivity index (χ3v) is 7.66. The first kappa shape index (κ1) is 21.6. The van der Waals surface area contributed by atoms with E-state index in [1.165, 1.54) is 17.7 Å². The van der Waals surface area contributed by atoms with Crippen molar-refractivity contribution in [1.29, 1.82) is 0 Å². The molecule has 0 atom stereocenters. The van der Waals surface area contributed by atoms with Crippen molar-refractivity contribution in [2.75, 3.05) is 31.1 Å². The molecule has 1 aliphatic heterocycles. The summed E-state index contributed by atoms with van der Waals surface area (Å²) in [6, 6.07) is 21.1. The Morgan fingerprint density at radius 3 is 2.30 bits per heavy atom. The topological polar surface area (TPSA) is 58.4 Å². The SMILES string of the molecule is Cc1ccc(S(=O)(=O)n2nc(N3CCN(Cc4ccccc4)CC3)c3ccc(F)cc32)cc1. The highest BCUT2D eigenvalue weighted by Gasteiger charge is 2.27. The van der Waals surface area contributed by atoms with Crippen LogP contribution in [-0.2, 0) is 16.6 Å². The molecule has 0 saturated carbocycles. The van der Waals surface area contributed by atoms with Crippen molar-refractivity contribution < 1.29 is 12.8 Å². The smallest absolute Gasteiger partial charge is 0.283 e. The Balaban J connectivity index is 1.46. The van der Waals surface area contributed by atoms with Gasteiger partial charge in [-0.25, -0.2) is 4.39 Å². The molecular formula is C25H25FN4O2S. The van der Waals surface area contributed by atoms with Gasteiger partial charge in [-0.1, -0.05) is 48.0 Å². The van der Waals surface area contributed by atoms with Crippen LogP contribution in [0.3, 0.4) is 0 Å². The second kappa shape index (κ2) is 8.61. The van der Waals surface area contributed by atoms with Gasteiger partial charge in [-0.2, -0.15) is 12.5 Å². The molecule has 33 heavy (non-hydrogen) atoms. The van der Waals surface area contributed by atoms with E-state index in [1.54, 1.807) is 30.3 Å². The van der Waals surface area contributed by atoms with Gasteiger partial charge in [-0.3, -0.25) is 4.90 Å². The van der Waals surface area contributed by atoms with Crippen LogP contribution < -0.4 is 4.90 Å². The van der Waals surface area contributed by atoms with Crippen LogP contribution in [0.25, 0.3) is 10.9 Å². The molecule has 0 bridgehead atoms. The minimum Gasteiger partial charge on any atom is -0.352 e. The van der Waals surface area contributed by atoms with Crippen molar-refractivity contribution in [1.82, 2.24) is 14.1 Å². The minimum atomic E-state index is -3.97. The molecule has 0 amide bonds. The summed E-state index contributed by atoms with van der Waals surface area (Å²) in [5.41, 5.74) is 2.47. The van der Waals surface area contributed by atoms with Gasteiger partial charge in [0.15, 0.2) is 5.82 Å². The number of rotatable bonds is 5. The molecule has 0 N–H and O–H groups in total. The predicted molar refractivity (Wildman–Crippen MR) is 127 cm³/mol. The molecule has 8 heteroatoms. The Hall–Kier alpha value is -3.23. The van der Waals surface area contributed by atoms with Crippen LogP contribution in [0, 0.1) is 12.7 Å². The fourth-order valence-electron chi connectivity index (χ4n) is 4.23. The Morgan fingerprint density at radius 1 is 0.909 bits per heavy atom. The zero-order valence-electron chi connectivity index (χ0n) is 18.4. The molecule has 0 radical (unpaired) electrons. The van der Waals surface area contributed by atoms with Crippen LogP contribution in [0.5, 0.6) is 0 Å². The Labute approximate surface area is 192 Å². The third-order valence-electron chi connectivity index (χ3n) is 6.06. The van der Waals surface area contributed by atoms with Gasteiger partial charge in [0.05, 0.1) is 10.4 Å². The Kier molecular flexibility index (Phi) is 5.64. The molecule has 4 aromatic rings. The van der Waals surface area contributed by atoms with Gasteiger partial charge >= 0.3 is 0 Å². The summed E-state index contributed by atoms with van der Waals surface area (Å²) >= 11 is 0. The largest absolute Gasteiger partial charge is 0.352 e. The highest BCUT2D eigenvalue weighted by molar-refractivity contribution is 7.90. The van der Waals surface area contributed by atoms with Crippen LogP contribution in [0.4, 0.5) is 10.2 Å². The summed E-state index contributed by atoms with van der Waals surface area (Å²) in [4.78, 5) is 4.58. The van der Waals surface area contributed by atoms with Crippen LogP contribution in [0.2, 0.25) is 0 Å². The number of halogens is 1. The van der Waals surface area contributed by atoms with Gasteiger partial charge in [0.1, 0.15) is 5.82 Å². The third kappa shape index (κ3) is 4.24. The number of aromatic nitrogens is 2. The van der Waals surface area contributed by atoms with Crippen LogP contribution in [-0.4, -0.2) is 48.7 Å². The van der Waals surface area contributed by atoms with E-state index in [0.717, 1.165) is 29.3 Å². The normalized spacial score (nSPS) is 15.3. The first-order valence-electron chi connectivity index (χ1n) is 10.9. The molecule has 2 heterocycles. The molecule has 5 rings (SSSR count). The van der Waals surface area contributed by atoms with E-state index in [0.29, 0.717) is 24.3 Å². The minimum absolute atomic E-state index is 0.126. The summed E-state index contributed by atoms with van der Waals surface area (Å²) in [6.07, 6.45) is 0. The van der Waals surface area contributed by atoms with Gasteiger partial charge in [0.2, 0.25) is 0 Å². The first-order chi connectivity index (χ1) is 15.9. The highest BCUT2D eigenvalue weighted by Crippen LogP contribution is 2.30. The van der Waals surface area contributed by atoms with Gasteiger partial charge in [-0.15, -0.1) is 5.10 Å². The number of hydrogen-bond acceptors (Lipinski definition) is 5. The second-order valence-electron chi connectivity index (χ2n) is 8.39. The molecule has 0 spiro atoms. The second-order valence-corrected chi connectivity index (χ2v) is 10.2. The molecule has 0 unspecified atom stereocenters. The van der Waals surface area contributed by atoms with E-state index < -0.39 is 15.8 Å². The van der Waals surface area contributed by atoms with Crippen molar-refractivity contribution in [3.63, 3.8) is 0 Å². The number of nitrogens with zero attached hydrogens (tertiary/aromatic N) is 4. The van der Waals surface area contributed by atoms with E-state index in [4.69, 9.17) is 0 Å². The van der Waals surface area contributed by atoms with Gasteiger partial charge in [-0.05, 0) is 36.8 Å². The van der Waals surface area contributed by atoms with Crippen molar-refractivity contribution in [2.24, 2.45) is 0 Å². The van der Waals surface area contributed by atoms with Crippen LogP contribution in [0.1, 0.15) is 11.1 Å². The Bertz CT molecular complexity index is 1380. The van der Waals surface area contributed by atoms with E-state index in [1.807, 2.05) is 25.1 Å². The zero-order chi connectivity index (χ0) is 23.0. The van der Waals surface area contributed by atoms with E-state index in [-0.39, 0.29) is 10.4 Å². The summed E-state index contributed by atoms with van der Waals surface area (Å²) in [5, 5.41) is 5.13. The number of fused-ring (bicyclic) bond motifs is 1. The Morgan fingerprint density at radius 2 is 1.61 bits per heavy atom. The number of anilines is 1. The average molecular weight is 465 g/mol. The quantitative estimate of drug-likeness (QED) is 0.446. The lowest BCUT2D eigenvalue weighted by molar-refractivity contribution is 0.249. The average Bonchev–Trinajstić information content (AvgIpc) is 3.20. The molecule has 6 nitrogen and oxygen atoms in total. The van der Waals surface area contributed by atoms with E-state index in [9.17, 15) is 12.8 Å². The zero-order valence-corrected chi connectivity index (χ0v) is 19.2.